The number of nitriles is 1. The first-order valence-corrected chi connectivity index (χ1v) is 10.8. The van der Waals surface area contributed by atoms with Gasteiger partial charge in [-0.3, -0.25) is 4.90 Å². The van der Waals surface area contributed by atoms with Crippen molar-refractivity contribution in [1.29, 1.82) is 5.26 Å². The van der Waals surface area contributed by atoms with Gasteiger partial charge in [-0.25, -0.2) is 0 Å². The zero-order valence-corrected chi connectivity index (χ0v) is 18.5. The number of ether oxygens (including phenoxy) is 2. The molecule has 0 spiro atoms. The molecule has 1 aliphatic heterocycles. The predicted octanol–water partition coefficient (Wildman–Crippen LogP) is 4.23. The van der Waals surface area contributed by atoms with Crippen LogP contribution in [0.1, 0.15) is 34.3 Å². The molecule has 1 atom stereocenters. The molecule has 7 heteroatoms. The molecule has 0 amide bonds. The summed E-state index contributed by atoms with van der Waals surface area (Å²) in [5, 5.41) is 12.9. The maximum absolute atomic E-state index is 9.54. The fraction of sp³-hybridized carbons (Fsp3) is 0.360. The molecule has 1 saturated heterocycles. The quantitative estimate of drug-likeness (QED) is 0.570. The van der Waals surface area contributed by atoms with Crippen molar-refractivity contribution >= 4 is 5.88 Å². The lowest BCUT2D eigenvalue weighted by molar-refractivity contribution is 0.0186. The molecule has 0 saturated carbocycles. The summed E-state index contributed by atoms with van der Waals surface area (Å²) in [6.07, 6.45) is 0. The van der Waals surface area contributed by atoms with Gasteiger partial charge in [-0.1, -0.05) is 48.0 Å². The maximum atomic E-state index is 9.54. The van der Waals surface area contributed by atoms with Gasteiger partial charge in [0.15, 0.2) is 6.61 Å². The molecular formula is C25H28N4O3. The summed E-state index contributed by atoms with van der Waals surface area (Å²) in [6.45, 7) is 7.94. The van der Waals surface area contributed by atoms with Gasteiger partial charge in [0.1, 0.15) is 11.8 Å². The third-order valence-corrected chi connectivity index (χ3v) is 5.59. The number of hydrogen-bond acceptors (Lipinski definition) is 7. The van der Waals surface area contributed by atoms with Crippen molar-refractivity contribution < 1.29 is 13.9 Å². The van der Waals surface area contributed by atoms with Gasteiger partial charge in [0.2, 0.25) is 17.5 Å². The third-order valence-electron chi connectivity index (χ3n) is 5.59. The van der Waals surface area contributed by atoms with Crippen molar-refractivity contribution in [3.8, 4) is 11.8 Å². The number of hydrogen-bond donors (Lipinski definition) is 1. The van der Waals surface area contributed by atoms with Crippen LogP contribution in [0.5, 0.6) is 5.75 Å². The molecule has 2 heterocycles. The molecule has 1 aliphatic rings. The zero-order chi connectivity index (χ0) is 22.3. The number of rotatable bonds is 8. The molecule has 32 heavy (non-hydrogen) atoms. The van der Waals surface area contributed by atoms with E-state index in [1.807, 2.05) is 44.2 Å². The molecule has 7 nitrogen and oxygen atoms in total. The van der Waals surface area contributed by atoms with Crippen LogP contribution in [0.3, 0.4) is 0 Å². The van der Waals surface area contributed by atoms with E-state index >= 15 is 0 Å². The number of nitrogens with one attached hydrogen (secondary N) is 1. The molecule has 1 aromatic heterocycles. The number of aromatic nitrogens is 1. The zero-order valence-electron chi connectivity index (χ0n) is 18.5. The van der Waals surface area contributed by atoms with Gasteiger partial charge < -0.3 is 19.2 Å². The lowest BCUT2D eigenvalue weighted by atomic mass is 10.0. The minimum atomic E-state index is 0.131. The van der Waals surface area contributed by atoms with E-state index in [2.05, 4.69) is 39.5 Å². The summed E-state index contributed by atoms with van der Waals surface area (Å²) in [4.78, 5) is 6.69. The minimum absolute atomic E-state index is 0.131. The number of oxazole rings is 1. The van der Waals surface area contributed by atoms with E-state index in [4.69, 9.17) is 13.9 Å². The summed E-state index contributed by atoms with van der Waals surface area (Å²) in [6, 6.07) is 18.6. The Morgan fingerprint density at radius 2 is 1.94 bits per heavy atom. The molecule has 1 N–H and O–H groups in total. The second-order valence-electron chi connectivity index (χ2n) is 7.91. The van der Waals surface area contributed by atoms with Crippen LogP contribution in [0, 0.1) is 25.2 Å². The van der Waals surface area contributed by atoms with E-state index in [1.54, 1.807) is 0 Å². The SMILES string of the molecule is Cc1ccc(OCc2nc(C#N)c(NC[C@H](c3ccccc3)N3CCOCC3)o2)c(C)c1. The van der Waals surface area contributed by atoms with Crippen LogP contribution in [-0.2, 0) is 11.3 Å². The number of morpholine rings is 1. The Bertz CT molecular complexity index is 1070. The standard InChI is InChI=1S/C25H28N4O3/c1-18-8-9-23(19(2)14-18)31-17-24-28-21(15-26)25(32-24)27-16-22(20-6-4-3-5-7-20)29-10-12-30-13-11-29/h3-9,14,22,27H,10-13,16-17H2,1-2H3/t22-/m1/s1. The molecule has 4 rings (SSSR count). The average Bonchev–Trinajstić information content (AvgIpc) is 3.22. The Kier molecular flexibility index (Phi) is 7.05. The fourth-order valence-electron chi connectivity index (χ4n) is 3.93. The van der Waals surface area contributed by atoms with Crippen LogP contribution in [0.15, 0.2) is 52.9 Å². The first-order chi connectivity index (χ1) is 15.6. The highest BCUT2D eigenvalue weighted by molar-refractivity contribution is 5.46. The summed E-state index contributed by atoms with van der Waals surface area (Å²) in [5.74, 6) is 1.52. The largest absolute Gasteiger partial charge is 0.484 e. The Labute approximate surface area is 188 Å². The summed E-state index contributed by atoms with van der Waals surface area (Å²) in [7, 11) is 0. The van der Waals surface area contributed by atoms with Gasteiger partial charge in [-0.05, 0) is 31.0 Å². The summed E-state index contributed by atoms with van der Waals surface area (Å²) in [5.41, 5.74) is 3.67. The van der Waals surface area contributed by atoms with Crippen LogP contribution < -0.4 is 10.1 Å². The Morgan fingerprint density at radius 3 is 2.66 bits per heavy atom. The molecular weight excluding hydrogens is 404 g/mol. The van der Waals surface area contributed by atoms with Gasteiger partial charge in [0.05, 0.1) is 19.3 Å². The number of benzene rings is 2. The van der Waals surface area contributed by atoms with Gasteiger partial charge in [0, 0.05) is 19.6 Å². The molecule has 0 aliphatic carbocycles. The van der Waals surface area contributed by atoms with Gasteiger partial charge >= 0.3 is 0 Å². The van der Waals surface area contributed by atoms with Crippen molar-refractivity contribution in [3.63, 3.8) is 0 Å². The van der Waals surface area contributed by atoms with E-state index in [9.17, 15) is 5.26 Å². The third kappa shape index (κ3) is 5.28. The first kappa shape index (κ1) is 21.9. The number of nitrogens with zero attached hydrogens (tertiary/aromatic N) is 3. The monoisotopic (exact) mass is 432 g/mol. The van der Waals surface area contributed by atoms with E-state index < -0.39 is 0 Å². The van der Waals surface area contributed by atoms with Crippen LogP contribution in [-0.4, -0.2) is 42.7 Å². The second kappa shape index (κ2) is 10.3. The highest BCUT2D eigenvalue weighted by Gasteiger charge is 2.24. The average molecular weight is 433 g/mol. The molecule has 3 aromatic rings. The Morgan fingerprint density at radius 1 is 1.16 bits per heavy atom. The van der Waals surface area contributed by atoms with E-state index in [0.29, 0.717) is 18.3 Å². The highest BCUT2D eigenvalue weighted by atomic mass is 16.5. The first-order valence-electron chi connectivity index (χ1n) is 10.8. The minimum Gasteiger partial charge on any atom is -0.484 e. The number of aryl methyl sites for hydroxylation is 2. The maximum Gasteiger partial charge on any atom is 0.236 e. The highest BCUT2D eigenvalue weighted by Crippen LogP contribution is 2.25. The molecule has 0 unspecified atom stereocenters. The van der Waals surface area contributed by atoms with Gasteiger partial charge in [0.25, 0.3) is 0 Å². The number of anilines is 1. The van der Waals surface area contributed by atoms with Crippen LogP contribution in [0.2, 0.25) is 0 Å². The van der Waals surface area contributed by atoms with Gasteiger partial charge in [-0.2, -0.15) is 10.2 Å². The Balaban J connectivity index is 1.45. The van der Waals surface area contributed by atoms with Crippen LogP contribution >= 0.6 is 0 Å². The van der Waals surface area contributed by atoms with Crippen LogP contribution in [0.4, 0.5) is 5.88 Å². The second-order valence-corrected chi connectivity index (χ2v) is 7.91. The topological polar surface area (TPSA) is 83.5 Å². The van der Waals surface area contributed by atoms with Crippen molar-refractivity contribution in [2.24, 2.45) is 0 Å². The smallest absolute Gasteiger partial charge is 0.236 e. The molecule has 2 aromatic carbocycles. The predicted molar refractivity (Wildman–Crippen MR) is 122 cm³/mol. The fourth-order valence-corrected chi connectivity index (χ4v) is 3.93. The molecule has 0 radical (unpaired) electrons. The van der Waals surface area contributed by atoms with Gasteiger partial charge in [-0.15, -0.1) is 0 Å². The van der Waals surface area contributed by atoms with E-state index in [0.717, 1.165) is 37.6 Å². The molecule has 1 fully saturated rings. The molecule has 0 bridgehead atoms. The lowest BCUT2D eigenvalue weighted by Crippen LogP contribution is -2.41. The molecule has 166 valence electrons. The van der Waals surface area contributed by atoms with E-state index in [-0.39, 0.29) is 18.3 Å². The lowest BCUT2D eigenvalue weighted by Gasteiger charge is -2.34. The van der Waals surface area contributed by atoms with Crippen molar-refractivity contribution in [1.82, 2.24) is 9.88 Å². The van der Waals surface area contributed by atoms with Crippen molar-refractivity contribution in [2.75, 3.05) is 38.2 Å². The van der Waals surface area contributed by atoms with E-state index in [1.165, 1.54) is 11.1 Å². The summed E-state index contributed by atoms with van der Waals surface area (Å²) >= 11 is 0. The normalized spacial score (nSPS) is 15.2. The van der Waals surface area contributed by atoms with Crippen LogP contribution in [0.25, 0.3) is 0 Å². The van der Waals surface area contributed by atoms with Crippen molar-refractivity contribution in [3.05, 3.63) is 76.8 Å². The van der Waals surface area contributed by atoms with Crippen molar-refractivity contribution in [2.45, 2.75) is 26.5 Å². The Hall–Kier alpha value is -3.34. The summed E-state index contributed by atoms with van der Waals surface area (Å²) < 4.78 is 17.2.